The third kappa shape index (κ3) is 2.96. The number of para-hydroxylation sites is 1. The quantitative estimate of drug-likeness (QED) is 0.759. The Kier molecular flexibility index (Phi) is 4.20. The summed E-state index contributed by atoms with van der Waals surface area (Å²) >= 11 is 0. The van der Waals surface area contributed by atoms with Crippen molar-refractivity contribution < 1.29 is 9.90 Å². The summed E-state index contributed by atoms with van der Waals surface area (Å²) in [5, 5.41) is 17.0. The van der Waals surface area contributed by atoms with Crippen LogP contribution in [0.4, 0.5) is 0 Å². The predicted octanol–water partition coefficient (Wildman–Crippen LogP) is 2.54. The van der Waals surface area contributed by atoms with E-state index in [4.69, 9.17) is 0 Å². The fourth-order valence-corrected chi connectivity index (χ4v) is 3.57. The van der Waals surface area contributed by atoms with Crippen molar-refractivity contribution in [3.05, 3.63) is 54.2 Å². The number of H-pyrrole nitrogens is 1. The molecule has 26 heavy (non-hydrogen) atoms. The van der Waals surface area contributed by atoms with Gasteiger partial charge in [0.15, 0.2) is 0 Å². The van der Waals surface area contributed by atoms with Crippen LogP contribution in [-0.2, 0) is 7.05 Å². The number of aromatic nitrogens is 4. The van der Waals surface area contributed by atoms with Crippen LogP contribution >= 0.6 is 0 Å². The van der Waals surface area contributed by atoms with Gasteiger partial charge < -0.3 is 14.6 Å². The molecule has 1 amide bonds. The lowest BCUT2D eigenvalue weighted by atomic mass is 9.97. The van der Waals surface area contributed by atoms with Crippen molar-refractivity contribution in [1.29, 1.82) is 0 Å². The molecule has 1 fully saturated rings. The molecule has 0 unspecified atom stereocenters. The monoisotopic (exact) mass is 351 g/mol. The number of nitrogens with one attached hydrogen (secondary N) is 1. The molecule has 0 aliphatic carbocycles. The lowest BCUT2D eigenvalue weighted by Gasteiger charge is -2.32. The number of carbonyl (C=O) groups excluding carboxylic acids is 1. The first-order valence-corrected chi connectivity index (χ1v) is 8.74. The molecule has 0 saturated carbocycles. The molecule has 134 valence electrons. The van der Waals surface area contributed by atoms with E-state index in [0.717, 1.165) is 25.2 Å². The predicted molar refractivity (Wildman–Crippen MR) is 96.8 cm³/mol. The summed E-state index contributed by atoms with van der Waals surface area (Å²) in [5.74, 6) is 1.33. The standard InChI is InChI=1S/C19H21N5O2/c1-23-10-8-20-18(23)13-5-4-9-24(12-13)19(26)16-11-15(21-22-16)14-6-2-3-7-17(14)25/h2-3,6-8,10-11,13,25H,4-5,9,12H2,1H3,(H,21,22)/t13-/m1/s1. The molecule has 1 aliphatic rings. The highest BCUT2D eigenvalue weighted by molar-refractivity contribution is 5.93. The first kappa shape index (κ1) is 16.4. The number of benzene rings is 1. The van der Waals surface area contributed by atoms with Crippen LogP contribution in [0, 0.1) is 0 Å². The van der Waals surface area contributed by atoms with Crippen LogP contribution in [0.2, 0.25) is 0 Å². The minimum atomic E-state index is -0.0712. The van der Waals surface area contributed by atoms with Crippen LogP contribution < -0.4 is 0 Å². The lowest BCUT2D eigenvalue weighted by Crippen LogP contribution is -2.39. The number of hydrogen-bond donors (Lipinski definition) is 2. The summed E-state index contributed by atoms with van der Waals surface area (Å²) in [5.41, 5.74) is 1.60. The van der Waals surface area contributed by atoms with Gasteiger partial charge in [0.25, 0.3) is 5.91 Å². The topological polar surface area (TPSA) is 87.0 Å². The smallest absolute Gasteiger partial charge is 0.271 e. The number of aryl methyl sites for hydroxylation is 1. The van der Waals surface area contributed by atoms with Gasteiger partial charge in [0.1, 0.15) is 17.3 Å². The molecule has 3 aromatic rings. The zero-order chi connectivity index (χ0) is 18.1. The van der Waals surface area contributed by atoms with Crippen molar-refractivity contribution in [1.82, 2.24) is 24.6 Å². The van der Waals surface area contributed by atoms with Gasteiger partial charge in [0, 0.05) is 44.0 Å². The van der Waals surface area contributed by atoms with Crippen molar-refractivity contribution in [2.24, 2.45) is 7.05 Å². The Morgan fingerprint density at radius 1 is 1.35 bits per heavy atom. The second kappa shape index (κ2) is 6.67. The molecule has 1 aliphatic heterocycles. The number of carbonyl (C=O) groups is 1. The van der Waals surface area contributed by atoms with Gasteiger partial charge >= 0.3 is 0 Å². The van der Waals surface area contributed by atoms with Crippen LogP contribution in [0.25, 0.3) is 11.3 Å². The van der Waals surface area contributed by atoms with Crippen molar-refractivity contribution in [3.63, 3.8) is 0 Å². The van der Waals surface area contributed by atoms with Gasteiger partial charge in [0.05, 0.1) is 5.69 Å². The van der Waals surface area contributed by atoms with Gasteiger partial charge in [-0.15, -0.1) is 0 Å². The number of likely N-dealkylation sites (tertiary alicyclic amines) is 1. The summed E-state index contributed by atoms with van der Waals surface area (Å²) in [6.45, 7) is 1.37. The first-order valence-electron chi connectivity index (χ1n) is 8.74. The molecule has 1 atom stereocenters. The summed E-state index contributed by atoms with van der Waals surface area (Å²) in [6.07, 6.45) is 5.71. The highest BCUT2D eigenvalue weighted by Gasteiger charge is 2.28. The van der Waals surface area contributed by atoms with Gasteiger partial charge in [-0.05, 0) is 31.0 Å². The molecular formula is C19H21N5O2. The second-order valence-corrected chi connectivity index (χ2v) is 6.67. The largest absolute Gasteiger partial charge is 0.507 e. The Balaban J connectivity index is 1.53. The van der Waals surface area contributed by atoms with Gasteiger partial charge in [-0.25, -0.2) is 4.98 Å². The molecule has 2 aromatic heterocycles. The molecule has 7 heteroatoms. The van der Waals surface area contributed by atoms with Crippen molar-refractivity contribution >= 4 is 5.91 Å². The number of aromatic amines is 1. The summed E-state index contributed by atoms with van der Waals surface area (Å²) in [6, 6.07) is 8.66. The maximum absolute atomic E-state index is 12.9. The number of phenolic OH excluding ortho intramolecular Hbond substituents is 1. The van der Waals surface area contributed by atoms with Crippen LogP contribution in [0.3, 0.4) is 0 Å². The third-order valence-electron chi connectivity index (χ3n) is 4.92. The van der Waals surface area contributed by atoms with Crippen molar-refractivity contribution in [3.8, 4) is 17.0 Å². The summed E-state index contributed by atoms with van der Waals surface area (Å²) < 4.78 is 2.02. The number of amides is 1. The van der Waals surface area contributed by atoms with E-state index < -0.39 is 0 Å². The number of phenols is 1. The molecule has 3 heterocycles. The van der Waals surface area contributed by atoms with E-state index in [0.29, 0.717) is 23.5 Å². The Labute approximate surface area is 151 Å². The average Bonchev–Trinajstić information content (AvgIpc) is 3.31. The minimum absolute atomic E-state index is 0.0712. The highest BCUT2D eigenvalue weighted by Crippen LogP contribution is 2.29. The maximum Gasteiger partial charge on any atom is 0.271 e. The van der Waals surface area contributed by atoms with E-state index in [1.54, 1.807) is 30.5 Å². The van der Waals surface area contributed by atoms with Gasteiger partial charge in [-0.2, -0.15) is 5.10 Å². The number of hydrogen-bond acceptors (Lipinski definition) is 4. The third-order valence-corrected chi connectivity index (χ3v) is 4.92. The van der Waals surface area contributed by atoms with E-state index in [-0.39, 0.29) is 17.6 Å². The zero-order valence-corrected chi connectivity index (χ0v) is 14.6. The number of piperidine rings is 1. The van der Waals surface area contributed by atoms with Crippen molar-refractivity contribution in [2.45, 2.75) is 18.8 Å². The van der Waals surface area contributed by atoms with E-state index in [9.17, 15) is 9.90 Å². The molecule has 0 bridgehead atoms. The fourth-order valence-electron chi connectivity index (χ4n) is 3.57. The maximum atomic E-state index is 12.9. The minimum Gasteiger partial charge on any atom is -0.507 e. The van der Waals surface area contributed by atoms with E-state index >= 15 is 0 Å². The van der Waals surface area contributed by atoms with E-state index in [2.05, 4.69) is 15.2 Å². The van der Waals surface area contributed by atoms with E-state index in [1.807, 2.05) is 28.8 Å². The number of imidazole rings is 1. The SMILES string of the molecule is Cn1ccnc1[C@@H]1CCCN(C(=O)c2cc(-c3ccccc3O)n[nH]2)C1. The van der Waals surface area contributed by atoms with Crippen LogP contribution in [0.5, 0.6) is 5.75 Å². The molecular weight excluding hydrogens is 330 g/mol. The van der Waals surface area contributed by atoms with Gasteiger partial charge in [0.2, 0.25) is 0 Å². The van der Waals surface area contributed by atoms with Crippen LogP contribution in [0.1, 0.15) is 35.1 Å². The first-order chi connectivity index (χ1) is 12.6. The Hall–Kier alpha value is -3.09. The average molecular weight is 351 g/mol. The molecule has 0 radical (unpaired) electrons. The van der Waals surface area contributed by atoms with Gasteiger partial charge in [-0.1, -0.05) is 12.1 Å². The Morgan fingerprint density at radius 3 is 2.96 bits per heavy atom. The molecule has 1 saturated heterocycles. The van der Waals surface area contributed by atoms with Crippen molar-refractivity contribution in [2.75, 3.05) is 13.1 Å². The summed E-state index contributed by atoms with van der Waals surface area (Å²) in [7, 11) is 1.98. The van der Waals surface area contributed by atoms with E-state index in [1.165, 1.54) is 0 Å². The van der Waals surface area contributed by atoms with Crippen LogP contribution in [0.15, 0.2) is 42.7 Å². The molecule has 0 spiro atoms. The number of nitrogens with zero attached hydrogens (tertiary/aromatic N) is 4. The van der Waals surface area contributed by atoms with Crippen LogP contribution in [-0.4, -0.2) is 48.8 Å². The fraction of sp³-hybridized carbons (Fsp3) is 0.316. The summed E-state index contributed by atoms with van der Waals surface area (Å²) in [4.78, 5) is 19.2. The molecule has 4 rings (SSSR count). The Bertz CT molecular complexity index is 929. The lowest BCUT2D eigenvalue weighted by molar-refractivity contribution is 0.0697. The zero-order valence-electron chi connectivity index (χ0n) is 14.6. The number of rotatable bonds is 3. The molecule has 2 N–H and O–H groups in total. The second-order valence-electron chi connectivity index (χ2n) is 6.67. The molecule has 7 nitrogen and oxygen atoms in total. The Morgan fingerprint density at radius 2 is 2.19 bits per heavy atom. The highest BCUT2D eigenvalue weighted by atomic mass is 16.3. The number of aromatic hydroxyl groups is 1. The normalized spacial score (nSPS) is 17.4. The van der Waals surface area contributed by atoms with Gasteiger partial charge in [-0.3, -0.25) is 9.89 Å². The molecule has 1 aromatic carbocycles.